The number of hydrogen-bond acceptors (Lipinski definition) is 2. The fourth-order valence-corrected chi connectivity index (χ4v) is 1.85. The second kappa shape index (κ2) is 4.37. The monoisotopic (exact) mass is 227 g/mol. The number of nitrogens with zero attached hydrogens (tertiary/aromatic N) is 1. The number of pyridine rings is 1. The van der Waals surface area contributed by atoms with Crippen molar-refractivity contribution in [2.75, 3.05) is 0 Å². The van der Waals surface area contributed by atoms with Crippen LogP contribution in [0.5, 0.6) is 0 Å². The van der Waals surface area contributed by atoms with E-state index in [1.165, 1.54) is 0 Å². The van der Waals surface area contributed by atoms with Crippen molar-refractivity contribution >= 4 is 22.9 Å². The van der Waals surface area contributed by atoms with E-state index in [0.29, 0.717) is 0 Å². The zero-order valence-corrected chi connectivity index (χ0v) is 9.77. The van der Waals surface area contributed by atoms with E-state index in [4.69, 9.17) is 5.11 Å². The molecule has 1 aromatic heterocycles. The Morgan fingerprint density at radius 3 is 2.82 bits per heavy atom. The lowest BCUT2D eigenvalue weighted by Crippen LogP contribution is -1.90. The van der Waals surface area contributed by atoms with Gasteiger partial charge in [-0.15, -0.1) is 0 Å². The van der Waals surface area contributed by atoms with Gasteiger partial charge < -0.3 is 5.11 Å². The van der Waals surface area contributed by atoms with Gasteiger partial charge in [-0.05, 0) is 49.2 Å². The molecule has 0 bridgehead atoms. The molecule has 0 radical (unpaired) electrons. The maximum Gasteiger partial charge on any atom is 0.328 e. The zero-order chi connectivity index (χ0) is 12.4. The highest BCUT2D eigenvalue weighted by Crippen LogP contribution is 2.22. The number of carboxylic acids is 1. The maximum atomic E-state index is 10.6. The number of carbonyl (C=O) groups is 1. The lowest BCUT2D eigenvalue weighted by atomic mass is 10.0. The maximum absolute atomic E-state index is 10.6. The summed E-state index contributed by atoms with van der Waals surface area (Å²) in [5.41, 5.74) is 3.92. The molecule has 0 atom stereocenters. The molecular formula is C14H13NO2. The van der Waals surface area contributed by atoms with Crippen molar-refractivity contribution in [2.45, 2.75) is 13.8 Å². The Hall–Kier alpha value is -2.16. The molecule has 17 heavy (non-hydrogen) atoms. The number of aryl methyl sites for hydroxylation is 2. The van der Waals surface area contributed by atoms with E-state index in [-0.39, 0.29) is 0 Å². The molecule has 86 valence electrons. The lowest BCUT2D eigenvalue weighted by molar-refractivity contribution is -0.131. The van der Waals surface area contributed by atoms with E-state index in [0.717, 1.165) is 33.7 Å². The lowest BCUT2D eigenvalue weighted by Gasteiger charge is -2.06. The van der Waals surface area contributed by atoms with Crippen LogP contribution in [0.4, 0.5) is 0 Å². The predicted octanol–water partition coefficient (Wildman–Crippen LogP) is 2.95. The highest BCUT2D eigenvalue weighted by Gasteiger charge is 2.03. The van der Waals surface area contributed by atoms with Gasteiger partial charge in [-0.2, -0.15) is 0 Å². The summed E-state index contributed by atoms with van der Waals surface area (Å²) in [7, 11) is 0. The number of benzene rings is 1. The Kier molecular flexibility index (Phi) is 2.91. The molecule has 2 rings (SSSR count). The molecule has 0 spiro atoms. The van der Waals surface area contributed by atoms with E-state index < -0.39 is 5.97 Å². The van der Waals surface area contributed by atoms with Crippen molar-refractivity contribution in [3.05, 3.63) is 47.2 Å². The first-order valence-corrected chi connectivity index (χ1v) is 5.35. The van der Waals surface area contributed by atoms with Crippen LogP contribution in [-0.2, 0) is 4.79 Å². The Morgan fingerprint density at radius 2 is 2.12 bits per heavy atom. The van der Waals surface area contributed by atoms with Gasteiger partial charge in [0, 0.05) is 23.2 Å². The molecule has 3 nitrogen and oxygen atoms in total. The summed E-state index contributed by atoms with van der Waals surface area (Å²) in [6.45, 7) is 4.01. The van der Waals surface area contributed by atoms with E-state index in [1.54, 1.807) is 12.3 Å². The number of fused-ring (bicyclic) bond motifs is 1. The highest BCUT2D eigenvalue weighted by atomic mass is 16.4. The molecule has 2 aromatic rings. The summed E-state index contributed by atoms with van der Waals surface area (Å²) in [6, 6.07) is 5.95. The van der Waals surface area contributed by atoms with Crippen molar-refractivity contribution in [3.63, 3.8) is 0 Å². The zero-order valence-electron chi connectivity index (χ0n) is 9.77. The number of carboxylic acid groups (broad SMARTS) is 1. The van der Waals surface area contributed by atoms with Crippen LogP contribution in [0.25, 0.3) is 17.0 Å². The van der Waals surface area contributed by atoms with E-state index in [9.17, 15) is 4.79 Å². The van der Waals surface area contributed by atoms with Gasteiger partial charge in [0.1, 0.15) is 0 Å². The summed E-state index contributed by atoms with van der Waals surface area (Å²) in [4.78, 5) is 14.9. The second-order valence-corrected chi connectivity index (χ2v) is 4.05. The predicted molar refractivity (Wildman–Crippen MR) is 67.9 cm³/mol. The Morgan fingerprint density at radius 1 is 1.35 bits per heavy atom. The van der Waals surface area contributed by atoms with Gasteiger partial charge in [0.25, 0.3) is 0 Å². The molecule has 0 saturated carbocycles. The van der Waals surface area contributed by atoms with E-state index in [1.807, 2.05) is 26.0 Å². The minimum absolute atomic E-state index is 0.839. The fraction of sp³-hybridized carbons (Fsp3) is 0.143. The van der Waals surface area contributed by atoms with Crippen LogP contribution in [0.3, 0.4) is 0 Å². The summed E-state index contributed by atoms with van der Waals surface area (Å²) in [5.74, 6) is -0.952. The molecule has 3 heteroatoms. The Balaban J connectivity index is 2.70. The third-order valence-corrected chi connectivity index (χ3v) is 2.64. The minimum Gasteiger partial charge on any atom is -0.478 e. The van der Waals surface area contributed by atoms with Crippen LogP contribution >= 0.6 is 0 Å². The third-order valence-electron chi connectivity index (χ3n) is 2.64. The highest BCUT2D eigenvalue weighted by molar-refractivity contribution is 5.93. The van der Waals surface area contributed by atoms with Crippen LogP contribution in [0, 0.1) is 13.8 Å². The first-order valence-electron chi connectivity index (χ1n) is 5.35. The Bertz CT molecular complexity index is 615. The molecule has 1 aromatic carbocycles. The van der Waals surface area contributed by atoms with Crippen molar-refractivity contribution in [3.8, 4) is 0 Å². The second-order valence-electron chi connectivity index (χ2n) is 4.05. The summed E-state index contributed by atoms with van der Waals surface area (Å²) in [5, 5.41) is 9.73. The molecule has 0 aliphatic carbocycles. The van der Waals surface area contributed by atoms with E-state index >= 15 is 0 Å². The van der Waals surface area contributed by atoms with Gasteiger partial charge >= 0.3 is 5.97 Å². The minimum atomic E-state index is -0.952. The largest absolute Gasteiger partial charge is 0.478 e. The average molecular weight is 227 g/mol. The topological polar surface area (TPSA) is 50.2 Å². The number of aromatic nitrogens is 1. The molecule has 0 saturated heterocycles. The van der Waals surface area contributed by atoms with Crippen LogP contribution in [0.1, 0.15) is 16.7 Å². The first kappa shape index (κ1) is 11.3. The fourth-order valence-electron chi connectivity index (χ4n) is 1.85. The molecule has 0 fully saturated rings. The molecule has 0 aliphatic rings. The molecule has 1 N–H and O–H groups in total. The normalized spacial score (nSPS) is 11.2. The Labute approximate surface area is 99.4 Å². The van der Waals surface area contributed by atoms with Gasteiger partial charge in [-0.25, -0.2) is 4.79 Å². The van der Waals surface area contributed by atoms with Crippen molar-refractivity contribution in [1.29, 1.82) is 0 Å². The van der Waals surface area contributed by atoms with Gasteiger partial charge in [-0.1, -0.05) is 0 Å². The quantitative estimate of drug-likeness (QED) is 0.802. The average Bonchev–Trinajstić information content (AvgIpc) is 2.27. The first-order chi connectivity index (χ1) is 8.08. The number of hydrogen-bond donors (Lipinski definition) is 1. The standard InChI is InChI=1S/C14H13NO2/c1-9-7-11(3-4-13(16)17)14-12(8-9)10(2)5-6-15-14/h3-8H,1-2H3,(H,16,17)/b4-3+. The molecule has 0 amide bonds. The molecule has 1 heterocycles. The van der Waals surface area contributed by atoms with Crippen molar-refractivity contribution in [1.82, 2.24) is 4.98 Å². The van der Waals surface area contributed by atoms with Crippen LogP contribution < -0.4 is 0 Å². The number of aliphatic carboxylic acids is 1. The summed E-state index contributed by atoms with van der Waals surface area (Å²) >= 11 is 0. The van der Waals surface area contributed by atoms with E-state index in [2.05, 4.69) is 11.1 Å². The third kappa shape index (κ3) is 2.33. The SMILES string of the molecule is Cc1cc(/C=C/C(=O)O)c2nccc(C)c2c1. The van der Waals surface area contributed by atoms with Gasteiger partial charge in [0.15, 0.2) is 0 Å². The van der Waals surface area contributed by atoms with Gasteiger partial charge in [0.2, 0.25) is 0 Å². The smallest absolute Gasteiger partial charge is 0.328 e. The van der Waals surface area contributed by atoms with Crippen molar-refractivity contribution in [2.24, 2.45) is 0 Å². The van der Waals surface area contributed by atoms with Crippen molar-refractivity contribution < 1.29 is 9.90 Å². The molecule has 0 unspecified atom stereocenters. The van der Waals surface area contributed by atoms with Crippen LogP contribution in [0.2, 0.25) is 0 Å². The van der Waals surface area contributed by atoms with Gasteiger partial charge in [0.05, 0.1) is 5.52 Å². The number of rotatable bonds is 2. The summed E-state index contributed by atoms with van der Waals surface area (Å²) in [6.07, 6.45) is 4.47. The van der Waals surface area contributed by atoms with Gasteiger partial charge in [-0.3, -0.25) is 4.98 Å². The molecular weight excluding hydrogens is 214 g/mol. The van der Waals surface area contributed by atoms with Crippen LogP contribution in [0.15, 0.2) is 30.5 Å². The molecule has 0 aliphatic heterocycles. The summed E-state index contributed by atoms with van der Waals surface area (Å²) < 4.78 is 0. The van der Waals surface area contributed by atoms with Crippen LogP contribution in [-0.4, -0.2) is 16.1 Å².